The molecular formula is C11H14N4O2S. The monoisotopic (exact) mass is 266 g/mol. The van der Waals surface area contributed by atoms with Crippen LogP contribution in [0.3, 0.4) is 0 Å². The summed E-state index contributed by atoms with van der Waals surface area (Å²) in [5, 5.41) is 7.92. The minimum absolute atomic E-state index is 0.0860. The minimum Gasteiger partial charge on any atom is -0.265 e. The highest BCUT2D eigenvalue weighted by molar-refractivity contribution is 7.91. The Balaban J connectivity index is 2.08. The Labute approximate surface area is 106 Å². The van der Waals surface area contributed by atoms with Crippen LogP contribution in [0, 0.1) is 0 Å². The normalized spacial score (nSPS) is 11.6. The smallest absolute Gasteiger partial charge is 0.151 e. The van der Waals surface area contributed by atoms with E-state index in [2.05, 4.69) is 15.3 Å². The number of rotatable bonds is 5. The second-order valence-electron chi connectivity index (χ2n) is 3.84. The van der Waals surface area contributed by atoms with E-state index in [4.69, 9.17) is 0 Å². The molecule has 0 saturated carbocycles. The van der Waals surface area contributed by atoms with Crippen molar-refractivity contribution in [2.75, 3.05) is 11.5 Å². The zero-order valence-electron chi connectivity index (χ0n) is 10.0. The van der Waals surface area contributed by atoms with Gasteiger partial charge < -0.3 is 0 Å². The third-order valence-electron chi connectivity index (χ3n) is 2.59. The lowest BCUT2D eigenvalue weighted by Gasteiger charge is -2.00. The molecule has 0 atom stereocenters. The average Bonchev–Trinajstić information content (AvgIpc) is 2.86. The predicted octanol–water partition coefficient (Wildman–Crippen LogP) is 0.775. The van der Waals surface area contributed by atoms with Crippen LogP contribution in [0.1, 0.15) is 6.92 Å². The summed E-state index contributed by atoms with van der Waals surface area (Å²) in [7, 11) is -2.97. The van der Waals surface area contributed by atoms with Gasteiger partial charge in [0.25, 0.3) is 0 Å². The number of aromatic nitrogens is 4. The highest BCUT2D eigenvalue weighted by Gasteiger charge is 2.09. The van der Waals surface area contributed by atoms with E-state index >= 15 is 0 Å². The second-order valence-corrected chi connectivity index (χ2v) is 6.31. The minimum atomic E-state index is -2.97. The van der Waals surface area contributed by atoms with Crippen molar-refractivity contribution in [3.05, 3.63) is 30.7 Å². The van der Waals surface area contributed by atoms with E-state index in [1.807, 2.05) is 12.1 Å². The molecule has 0 fully saturated rings. The van der Waals surface area contributed by atoms with Crippen molar-refractivity contribution < 1.29 is 8.42 Å². The molecule has 0 bridgehead atoms. The number of hydrogen-bond acceptors (Lipinski definition) is 5. The first kappa shape index (κ1) is 12.7. The Bertz CT molecular complexity index is 607. The van der Waals surface area contributed by atoms with Crippen molar-refractivity contribution >= 4 is 9.84 Å². The number of sulfone groups is 1. The summed E-state index contributed by atoms with van der Waals surface area (Å²) in [6.45, 7) is 1.97. The zero-order chi connectivity index (χ0) is 13.0. The van der Waals surface area contributed by atoms with Gasteiger partial charge in [0.05, 0.1) is 18.5 Å². The second kappa shape index (κ2) is 5.26. The van der Waals surface area contributed by atoms with E-state index in [-0.39, 0.29) is 11.5 Å². The molecule has 0 unspecified atom stereocenters. The molecule has 0 aliphatic rings. The van der Waals surface area contributed by atoms with Crippen molar-refractivity contribution in [3.8, 4) is 11.3 Å². The van der Waals surface area contributed by atoms with E-state index in [1.54, 1.807) is 30.2 Å². The van der Waals surface area contributed by atoms with E-state index in [0.29, 0.717) is 12.2 Å². The van der Waals surface area contributed by atoms with Crippen molar-refractivity contribution in [2.24, 2.45) is 0 Å². The van der Waals surface area contributed by atoms with E-state index in [9.17, 15) is 8.42 Å². The lowest BCUT2D eigenvalue weighted by atomic mass is 10.2. The van der Waals surface area contributed by atoms with E-state index in [0.717, 1.165) is 5.56 Å². The molecule has 96 valence electrons. The SMILES string of the molecule is CCS(=O)(=O)CCn1cc(-c2ccncc2)nn1. The van der Waals surface area contributed by atoms with Crippen molar-refractivity contribution in [2.45, 2.75) is 13.5 Å². The molecule has 18 heavy (non-hydrogen) atoms. The maximum atomic E-state index is 11.4. The Morgan fingerprint density at radius 3 is 2.67 bits per heavy atom. The molecule has 0 aliphatic carbocycles. The van der Waals surface area contributed by atoms with Crippen LogP contribution >= 0.6 is 0 Å². The third kappa shape index (κ3) is 3.13. The van der Waals surface area contributed by atoms with Crippen molar-refractivity contribution in [3.63, 3.8) is 0 Å². The van der Waals surface area contributed by atoms with E-state index < -0.39 is 9.84 Å². The Morgan fingerprint density at radius 1 is 1.28 bits per heavy atom. The van der Waals surface area contributed by atoms with Crippen LogP contribution in [0.2, 0.25) is 0 Å². The third-order valence-corrected chi connectivity index (χ3v) is 4.27. The first-order valence-electron chi connectivity index (χ1n) is 5.61. The molecule has 0 radical (unpaired) electrons. The van der Waals surface area contributed by atoms with Crippen LogP contribution in [-0.2, 0) is 16.4 Å². The lowest BCUT2D eigenvalue weighted by Crippen LogP contribution is -2.14. The van der Waals surface area contributed by atoms with Gasteiger partial charge in [-0.05, 0) is 12.1 Å². The Morgan fingerprint density at radius 2 is 2.00 bits per heavy atom. The molecule has 2 heterocycles. The number of aryl methyl sites for hydroxylation is 1. The largest absolute Gasteiger partial charge is 0.265 e. The standard InChI is InChI=1S/C11H14N4O2S/c1-2-18(16,17)8-7-15-9-11(13-14-15)10-3-5-12-6-4-10/h3-6,9H,2,7-8H2,1H3. The number of hydrogen-bond donors (Lipinski definition) is 0. The summed E-state index contributed by atoms with van der Waals surface area (Å²) in [4.78, 5) is 3.92. The molecule has 2 rings (SSSR count). The molecule has 0 spiro atoms. The fourth-order valence-electron chi connectivity index (χ4n) is 1.44. The molecule has 0 amide bonds. The van der Waals surface area contributed by atoms with Crippen LogP contribution in [0.4, 0.5) is 0 Å². The summed E-state index contributed by atoms with van der Waals surface area (Å²) in [6, 6.07) is 3.66. The zero-order valence-corrected chi connectivity index (χ0v) is 10.8. The van der Waals surface area contributed by atoms with Gasteiger partial charge in [0.2, 0.25) is 0 Å². The summed E-state index contributed by atoms with van der Waals surface area (Å²) in [5.74, 6) is 0.238. The summed E-state index contributed by atoms with van der Waals surface area (Å²) < 4.78 is 24.3. The maximum absolute atomic E-state index is 11.4. The first-order chi connectivity index (χ1) is 8.61. The fraction of sp³-hybridized carbons (Fsp3) is 0.364. The molecular weight excluding hydrogens is 252 g/mol. The summed E-state index contributed by atoms with van der Waals surface area (Å²) in [6.07, 6.45) is 5.09. The molecule has 0 aliphatic heterocycles. The van der Waals surface area contributed by atoms with Crippen LogP contribution in [0.15, 0.2) is 30.7 Å². The highest BCUT2D eigenvalue weighted by atomic mass is 32.2. The molecule has 0 aromatic carbocycles. The summed E-state index contributed by atoms with van der Waals surface area (Å²) in [5.41, 5.74) is 1.63. The molecule has 0 N–H and O–H groups in total. The van der Waals surface area contributed by atoms with Gasteiger partial charge in [-0.3, -0.25) is 9.67 Å². The van der Waals surface area contributed by atoms with Gasteiger partial charge in [0, 0.05) is 23.7 Å². The molecule has 7 heteroatoms. The predicted molar refractivity (Wildman–Crippen MR) is 67.6 cm³/mol. The Hall–Kier alpha value is -1.76. The quantitative estimate of drug-likeness (QED) is 0.799. The van der Waals surface area contributed by atoms with Crippen LogP contribution < -0.4 is 0 Å². The number of nitrogens with zero attached hydrogens (tertiary/aromatic N) is 4. The van der Waals surface area contributed by atoms with Crippen molar-refractivity contribution in [1.29, 1.82) is 0 Å². The van der Waals surface area contributed by atoms with Crippen LogP contribution in [-0.4, -0.2) is 39.9 Å². The maximum Gasteiger partial charge on any atom is 0.151 e. The average molecular weight is 266 g/mol. The molecule has 6 nitrogen and oxygen atoms in total. The van der Waals surface area contributed by atoms with Gasteiger partial charge >= 0.3 is 0 Å². The van der Waals surface area contributed by atoms with Crippen molar-refractivity contribution in [1.82, 2.24) is 20.0 Å². The van der Waals surface area contributed by atoms with Gasteiger partial charge in [-0.15, -0.1) is 5.10 Å². The van der Waals surface area contributed by atoms with Crippen LogP contribution in [0.5, 0.6) is 0 Å². The topological polar surface area (TPSA) is 77.7 Å². The fourth-order valence-corrected chi connectivity index (χ4v) is 2.19. The highest BCUT2D eigenvalue weighted by Crippen LogP contribution is 2.13. The molecule has 2 aromatic heterocycles. The lowest BCUT2D eigenvalue weighted by molar-refractivity contribution is 0.576. The molecule has 0 saturated heterocycles. The van der Waals surface area contributed by atoms with Gasteiger partial charge in [-0.2, -0.15) is 0 Å². The van der Waals surface area contributed by atoms with Gasteiger partial charge in [-0.1, -0.05) is 12.1 Å². The first-order valence-corrected chi connectivity index (χ1v) is 7.44. The van der Waals surface area contributed by atoms with Crippen LogP contribution in [0.25, 0.3) is 11.3 Å². The number of pyridine rings is 1. The van der Waals surface area contributed by atoms with Gasteiger partial charge in [-0.25, -0.2) is 8.42 Å². The summed E-state index contributed by atoms with van der Waals surface area (Å²) >= 11 is 0. The van der Waals surface area contributed by atoms with E-state index in [1.165, 1.54) is 0 Å². The van der Waals surface area contributed by atoms with Gasteiger partial charge in [0.15, 0.2) is 9.84 Å². The molecule has 2 aromatic rings. The van der Waals surface area contributed by atoms with Gasteiger partial charge in [0.1, 0.15) is 5.69 Å². The Kier molecular flexibility index (Phi) is 3.71.